The summed E-state index contributed by atoms with van der Waals surface area (Å²) >= 11 is 0. The molecule has 0 spiro atoms. The summed E-state index contributed by atoms with van der Waals surface area (Å²) in [6.45, 7) is 3.11. The number of aromatic nitrogens is 3. The first-order valence-electron chi connectivity index (χ1n) is 10.3. The van der Waals surface area contributed by atoms with Crippen molar-refractivity contribution < 1.29 is 22.7 Å². The standard InChI is InChI=1S/C22H22F3N5O3/c1-12(13-4-3-5-14(17(13)23)18(24)25)28-19-15-10-16(22(32)30-6-8-33-9-7-30)21(31)29(2)20(15)27-11-26-19/h3-5,10-12,18H,6-9H2,1-2H3,(H,26,27,28)/t12-/m1/s1. The molecule has 0 unspecified atom stereocenters. The SMILES string of the molecule is C[C@@H](Nc1ncnc2c1cc(C(=O)N1CCOCC1)c(=O)n2C)c1cccc(C(F)F)c1F. The number of benzene rings is 1. The normalized spacial score (nSPS) is 15.2. The van der Waals surface area contributed by atoms with Crippen LogP contribution in [0.5, 0.6) is 0 Å². The van der Waals surface area contributed by atoms with E-state index in [0.29, 0.717) is 31.7 Å². The zero-order chi connectivity index (χ0) is 23.7. The van der Waals surface area contributed by atoms with Gasteiger partial charge in [0.05, 0.1) is 30.2 Å². The van der Waals surface area contributed by atoms with Gasteiger partial charge in [0.25, 0.3) is 17.9 Å². The van der Waals surface area contributed by atoms with E-state index in [2.05, 4.69) is 15.3 Å². The summed E-state index contributed by atoms with van der Waals surface area (Å²) in [5.41, 5.74) is -0.941. The number of carbonyl (C=O) groups is 1. The van der Waals surface area contributed by atoms with Crippen molar-refractivity contribution in [3.05, 3.63) is 63.5 Å². The molecule has 0 radical (unpaired) electrons. The fraction of sp³-hybridized carbons (Fsp3) is 0.364. The van der Waals surface area contributed by atoms with Crippen LogP contribution in [0.2, 0.25) is 0 Å². The fourth-order valence-corrected chi connectivity index (χ4v) is 3.83. The van der Waals surface area contributed by atoms with E-state index >= 15 is 0 Å². The van der Waals surface area contributed by atoms with E-state index < -0.39 is 35.3 Å². The second-order valence-electron chi connectivity index (χ2n) is 7.70. The Morgan fingerprint density at radius 1 is 1.18 bits per heavy atom. The Bertz CT molecular complexity index is 1260. The smallest absolute Gasteiger partial charge is 0.266 e. The predicted molar refractivity (Wildman–Crippen MR) is 115 cm³/mol. The summed E-state index contributed by atoms with van der Waals surface area (Å²) < 4.78 is 47.3. The average Bonchev–Trinajstić information content (AvgIpc) is 2.81. The number of pyridine rings is 1. The molecule has 11 heteroatoms. The molecule has 1 atom stereocenters. The lowest BCUT2D eigenvalue weighted by molar-refractivity contribution is 0.0301. The van der Waals surface area contributed by atoms with Crippen LogP contribution in [0, 0.1) is 5.82 Å². The molecule has 1 N–H and O–H groups in total. The summed E-state index contributed by atoms with van der Waals surface area (Å²) in [4.78, 5) is 35.7. The van der Waals surface area contributed by atoms with E-state index in [1.54, 1.807) is 6.92 Å². The van der Waals surface area contributed by atoms with Gasteiger partial charge < -0.3 is 15.0 Å². The first-order valence-corrected chi connectivity index (χ1v) is 10.3. The highest BCUT2D eigenvalue weighted by atomic mass is 19.3. The molecule has 1 aromatic carbocycles. The van der Waals surface area contributed by atoms with Gasteiger partial charge in [0.2, 0.25) is 0 Å². The van der Waals surface area contributed by atoms with Crippen molar-refractivity contribution in [2.45, 2.75) is 19.4 Å². The number of amides is 1. The summed E-state index contributed by atoms with van der Waals surface area (Å²) in [6, 6.07) is 4.48. The van der Waals surface area contributed by atoms with Crippen LogP contribution >= 0.6 is 0 Å². The minimum absolute atomic E-state index is 0.0361. The van der Waals surface area contributed by atoms with Crippen LogP contribution in [0.1, 0.15) is 40.9 Å². The van der Waals surface area contributed by atoms with E-state index in [1.807, 2.05) is 0 Å². The zero-order valence-corrected chi connectivity index (χ0v) is 18.0. The van der Waals surface area contributed by atoms with Gasteiger partial charge in [-0.2, -0.15) is 0 Å². The second kappa shape index (κ2) is 9.18. The maximum absolute atomic E-state index is 14.6. The number of hydrogen-bond donors (Lipinski definition) is 1. The highest BCUT2D eigenvalue weighted by Crippen LogP contribution is 2.30. The molecule has 1 saturated heterocycles. The number of rotatable bonds is 5. The minimum atomic E-state index is -2.94. The number of morpholine rings is 1. The van der Waals surface area contributed by atoms with E-state index in [4.69, 9.17) is 4.74 Å². The first kappa shape index (κ1) is 22.7. The predicted octanol–water partition coefficient (Wildman–Crippen LogP) is 3.05. The number of fused-ring (bicyclic) bond motifs is 1. The molecule has 8 nitrogen and oxygen atoms in total. The van der Waals surface area contributed by atoms with Gasteiger partial charge in [0.15, 0.2) is 0 Å². The first-order chi connectivity index (χ1) is 15.8. The van der Waals surface area contributed by atoms with Crippen LogP contribution in [0.15, 0.2) is 35.4 Å². The van der Waals surface area contributed by atoms with E-state index in [0.717, 1.165) is 6.07 Å². The number of anilines is 1. The number of ether oxygens (including phenoxy) is 1. The zero-order valence-electron chi connectivity index (χ0n) is 18.0. The summed E-state index contributed by atoms with van der Waals surface area (Å²) in [6.07, 6.45) is -1.72. The molecule has 3 aromatic rings. The van der Waals surface area contributed by atoms with Crippen LogP contribution in [-0.2, 0) is 11.8 Å². The second-order valence-corrected chi connectivity index (χ2v) is 7.70. The van der Waals surface area contributed by atoms with Crippen LogP contribution < -0.4 is 10.9 Å². The third-order valence-electron chi connectivity index (χ3n) is 5.65. The van der Waals surface area contributed by atoms with Crippen molar-refractivity contribution in [1.82, 2.24) is 19.4 Å². The molecule has 0 aliphatic carbocycles. The van der Waals surface area contributed by atoms with Gasteiger partial charge in [0.1, 0.15) is 29.2 Å². The van der Waals surface area contributed by atoms with Crippen molar-refractivity contribution in [2.75, 3.05) is 31.6 Å². The lowest BCUT2D eigenvalue weighted by atomic mass is 10.0. The highest BCUT2D eigenvalue weighted by molar-refractivity contribution is 5.99. The molecule has 4 rings (SSSR count). The molecule has 33 heavy (non-hydrogen) atoms. The summed E-state index contributed by atoms with van der Waals surface area (Å²) in [5, 5.41) is 3.37. The summed E-state index contributed by atoms with van der Waals surface area (Å²) in [5.74, 6) is -1.19. The monoisotopic (exact) mass is 461 g/mol. The third-order valence-corrected chi connectivity index (χ3v) is 5.65. The number of halogens is 3. The number of nitrogens with zero attached hydrogens (tertiary/aromatic N) is 4. The number of carbonyl (C=O) groups excluding carboxylic acids is 1. The van der Waals surface area contributed by atoms with Gasteiger partial charge in [0, 0.05) is 25.7 Å². The highest BCUT2D eigenvalue weighted by Gasteiger charge is 2.25. The van der Waals surface area contributed by atoms with Crippen molar-refractivity contribution in [3.63, 3.8) is 0 Å². The van der Waals surface area contributed by atoms with Crippen LogP contribution in [0.4, 0.5) is 19.0 Å². The fourth-order valence-electron chi connectivity index (χ4n) is 3.83. The van der Waals surface area contributed by atoms with Gasteiger partial charge in [-0.1, -0.05) is 18.2 Å². The molecular formula is C22H22F3N5O3. The maximum atomic E-state index is 14.6. The molecule has 0 saturated carbocycles. The number of aryl methyl sites for hydroxylation is 1. The number of hydrogen-bond acceptors (Lipinski definition) is 6. The maximum Gasteiger partial charge on any atom is 0.266 e. The molecule has 0 bridgehead atoms. The van der Waals surface area contributed by atoms with Gasteiger partial charge in [-0.25, -0.2) is 23.1 Å². The Kier molecular flexibility index (Phi) is 6.32. The van der Waals surface area contributed by atoms with E-state index in [9.17, 15) is 22.8 Å². The largest absolute Gasteiger partial charge is 0.378 e. The molecule has 1 aliphatic rings. The van der Waals surface area contributed by atoms with Gasteiger partial charge in [-0.3, -0.25) is 14.2 Å². The lowest BCUT2D eigenvalue weighted by Gasteiger charge is -2.27. The minimum Gasteiger partial charge on any atom is -0.378 e. The van der Waals surface area contributed by atoms with Crippen molar-refractivity contribution in [1.29, 1.82) is 0 Å². The Morgan fingerprint density at radius 3 is 2.58 bits per heavy atom. The van der Waals surface area contributed by atoms with Crippen LogP contribution in [0.25, 0.3) is 11.0 Å². The van der Waals surface area contributed by atoms with Crippen LogP contribution in [0.3, 0.4) is 0 Å². The molecule has 2 aromatic heterocycles. The quantitative estimate of drug-likeness (QED) is 0.628. The Hall–Kier alpha value is -3.47. The molecule has 1 amide bonds. The topological polar surface area (TPSA) is 89.4 Å². The van der Waals surface area contributed by atoms with E-state index in [1.165, 1.54) is 41.0 Å². The molecular weight excluding hydrogens is 439 g/mol. The molecule has 1 fully saturated rings. The number of alkyl halides is 2. The van der Waals surface area contributed by atoms with Gasteiger partial charge in [-0.05, 0) is 13.0 Å². The third kappa shape index (κ3) is 4.28. The Balaban J connectivity index is 1.74. The summed E-state index contributed by atoms with van der Waals surface area (Å²) in [7, 11) is 1.49. The lowest BCUT2D eigenvalue weighted by Crippen LogP contribution is -2.43. The average molecular weight is 461 g/mol. The molecule has 1 aliphatic heterocycles. The van der Waals surface area contributed by atoms with E-state index in [-0.39, 0.29) is 22.6 Å². The van der Waals surface area contributed by atoms with Gasteiger partial charge in [-0.15, -0.1) is 0 Å². The Labute approximate surface area is 187 Å². The molecule has 3 heterocycles. The van der Waals surface area contributed by atoms with Crippen molar-refractivity contribution >= 4 is 22.8 Å². The van der Waals surface area contributed by atoms with Crippen LogP contribution in [-0.4, -0.2) is 51.6 Å². The van der Waals surface area contributed by atoms with Crippen molar-refractivity contribution in [3.8, 4) is 0 Å². The van der Waals surface area contributed by atoms with Gasteiger partial charge >= 0.3 is 0 Å². The Morgan fingerprint density at radius 2 is 1.88 bits per heavy atom. The molecule has 174 valence electrons. The number of nitrogens with one attached hydrogen (secondary N) is 1. The van der Waals surface area contributed by atoms with Crippen molar-refractivity contribution in [2.24, 2.45) is 7.05 Å².